The summed E-state index contributed by atoms with van der Waals surface area (Å²) in [6.45, 7) is 10.6. The van der Waals surface area contributed by atoms with Crippen molar-refractivity contribution in [3.8, 4) is 5.75 Å². The molecule has 10 atom stereocenters. The molecule has 3 aromatic carbocycles. The molecular weight excluding hydrogens is 751 g/mol. The van der Waals surface area contributed by atoms with Crippen LogP contribution in [-0.2, 0) is 42.4 Å². The minimum atomic E-state index is -2.65. The molecule has 3 amide bonds. The quantitative estimate of drug-likeness (QED) is 0.128. The van der Waals surface area contributed by atoms with Crippen LogP contribution in [0.15, 0.2) is 79.4 Å². The first-order chi connectivity index (χ1) is 27.2. The number of nitrogens with zero attached hydrogens (tertiary/aromatic N) is 2. The number of ether oxygens (including phenoxy) is 3. The number of fused-ring (bicyclic) bond motifs is 3. The van der Waals surface area contributed by atoms with Gasteiger partial charge in [-0.3, -0.25) is 14.4 Å². The van der Waals surface area contributed by atoms with Crippen LogP contribution in [0, 0.1) is 5.92 Å². The maximum atomic E-state index is 15.0. The minimum Gasteiger partial charge on any atom is -0.497 e. The molecule has 7 rings (SSSR count). The average molecular weight is 802 g/mol. The summed E-state index contributed by atoms with van der Waals surface area (Å²) in [4.78, 5) is 46.3. The van der Waals surface area contributed by atoms with Crippen molar-refractivity contribution in [3.63, 3.8) is 0 Å². The standard InChI is InChI=1S/C42H51N3O11Si/c1-6-17-44-31-16-11-26(43-39(51)37-35(49)34(48)36(50)40(52)55-37)19-30(31)42(41(44)53)23(2)38(57(4,5)29-14-12-28(54-3)13-15-29)32(56-42)20-33(47)45-21-25-10-8-7-9-24(25)18-27(45)22-46/h6-16,19,23,27,32,34-38,40,46,48-50,52H,1,17-18,20-22H2,2-5H3,(H,43,51)/t23-,27-,32+,34-,35-,36+,37-,38-,40+,42+/m0/s1. The Hall–Kier alpha value is -4.45. The van der Waals surface area contributed by atoms with Crippen LogP contribution < -0.4 is 20.1 Å². The molecule has 2 fully saturated rings. The van der Waals surface area contributed by atoms with Crippen LogP contribution in [0.1, 0.15) is 30.0 Å². The third-order valence-electron chi connectivity index (χ3n) is 12.5. The monoisotopic (exact) mass is 801 g/mol. The van der Waals surface area contributed by atoms with E-state index in [4.69, 9.17) is 14.2 Å². The smallest absolute Gasteiger partial charge is 0.264 e. The number of aliphatic hydroxyl groups is 5. The van der Waals surface area contributed by atoms with Crippen molar-refractivity contribution in [2.75, 3.05) is 30.5 Å². The fourth-order valence-corrected chi connectivity index (χ4v) is 13.5. The Kier molecular flexibility index (Phi) is 11.2. The van der Waals surface area contributed by atoms with Crippen molar-refractivity contribution in [2.24, 2.45) is 5.92 Å². The number of aliphatic hydroxyl groups excluding tert-OH is 5. The lowest BCUT2D eigenvalue weighted by atomic mass is 9.82. The van der Waals surface area contributed by atoms with Crippen molar-refractivity contribution in [3.05, 3.63) is 96.1 Å². The Morgan fingerprint density at radius 2 is 1.72 bits per heavy atom. The Labute approximate surface area is 332 Å². The predicted octanol–water partition coefficient (Wildman–Crippen LogP) is 1.52. The SMILES string of the molecule is C=CCN1C(=O)[C@]2(O[C@H](CC(=O)N3Cc4ccccc4C[C@H]3CO)[C@@H]([Si](C)(C)c3ccc(OC)cc3)[C@@H]2C)c2cc(NC(=O)[C@H]3O[C@@H](O)[C@H](O)[C@@H](O)[C@@H]3O)ccc21. The second-order valence-corrected chi connectivity index (χ2v) is 20.7. The molecule has 4 heterocycles. The second-order valence-electron chi connectivity index (χ2n) is 16.0. The van der Waals surface area contributed by atoms with Gasteiger partial charge in [-0.15, -0.1) is 6.58 Å². The summed E-state index contributed by atoms with van der Waals surface area (Å²) in [5.74, 6) is -1.22. The van der Waals surface area contributed by atoms with E-state index in [-0.39, 0.29) is 42.6 Å². The fourth-order valence-electron chi connectivity index (χ4n) is 9.52. The Bertz CT molecular complexity index is 2030. The third kappa shape index (κ3) is 6.89. The van der Waals surface area contributed by atoms with Crippen molar-refractivity contribution in [2.45, 2.75) is 93.4 Å². The van der Waals surface area contributed by atoms with Gasteiger partial charge < -0.3 is 54.9 Å². The second kappa shape index (κ2) is 15.7. The molecular formula is C42H51N3O11Si. The van der Waals surface area contributed by atoms with Gasteiger partial charge in [0.05, 0.1) is 46.0 Å². The molecule has 57 heavy (non-hydrogen) atoms. The molecule has 304 valence electrons. The average Bonchev–Trinajstić information content (AvgIpc) is 3.63. The first-order valence-electron chi connectivity index (χ1n) is 19.2. The summed E-state index contributed by atoms with van der Waals surface area (Å²) < 4.78 is 17.8. The zero-order chi connectivity index (χ0) is 41.0. The van der Waals surface area contributed by atoms with E-state index < -0.39 is 68.4 Å². The van der Waals surface area contributed by atoms with Crippen molar-refractivity contribution < 1.29 is 54.1 Å². The molecule has 6 N–H and O–H groups in total. The van der Waals surface area contributed by atoms with Crippen LogP contribution in [-0.4, -0.2) is 119 Å². The number of carbonyl (C=O) groups is 3. The van der Waals surface area contributed by atoms with E-state index in [1.165, 1.54) is 0 Å². The highest BCUT2D eigenvalue weighted by molar-refractivity contribution is 6.91. The van der Waals surface area contributed by atoms with Gasteiger partial charge in [0.1, 0.15) is 24.1 Å². The molecule has 0 aromatic heterocycles. The van der Waals surface area contributed by atoms with Crippen LogP contribution in [0.5, 0.6) is 5.75 Å². The van der Waals surface area contributed by atoms with Gasteiger partial charge >= 0.3 is 0 Å². The largest absolute Gasteiger partial charge is 0.497 e. The molecule has 4 aliphatic rings. The van der Waals surface area contributed by atoms with E-state index in [1.807, 2.05) is 55.5 Å². The molecule has 0 aliphatic carbocycles. The molecule has 0 radical (unpaired) electrons. The van der Waals surface area contributed by atoms with E-state index in [2.05, 4.69) is 25.0 Å². The maximum Gasteiger partial charge on any atom is 0.264 e. The van der Waals surface area contributed by atoms with Crippen molar-refractivity contribution in [1.82, 2.24) is 4.90 Å². The number of amides is 3. The minimum absolute atomic E-state index is 0.0457. The van der Waals surface area contributed by atoms with Gasteiger partial charge in [0.25, 0.3) is 11.8 Å². The first kappa shape index (κ1) is 40.7. The number of hydrogen-bond donors (Lipinski definition) is 6. The van der Waals surface area contributed by atoms with Gasteiger partial charge in [0.15, 0.2) is 18.0 Å². The van der Waals surface area contributed by atoms with E-state index in [1.54, 1.807) is 41.2 Å². The molecule has 4 aliphatic heterocycles. The van der Waals surface area contributed by atoms with Crippen molar-refractivity contribution >= 4 is 42.4 Å². The molecule has 3 aromatic rings. The highest BCUT2D eigenvalue weighted by atomic mass is 28.3. The van der Waals surface area contributed by atoms with E-state index in [9.17, 15) is 39.9 Å². The van der Waals surface area contributed by atoms with E-state index in [0.29, 0.717) is 30.0 Å². The zero-order valence-corrected chi connectivity index (χ0v) is 33.4. The first-order valence-corrected chi connectivity index (χ1v) is 22.3. The molecule has 15 heteroatoms. The summed E-state index contributed by atoms with van der Waals surface area (Å²) in [7, 11) is -1.05. The summed E-state index contributed by atoms with van der Waals surface area (Å²) in [5, 5.41) is 54.9. The summed E-state index contributed by atoms with van der Waals surface area (Å²) in [6.07, 6.45) is -7.78. The molecule has 0 unspecified atom stereocenters. The molecule has 0 saturated carbocycles. The number of methoxy groups -OCH3 is 1. The van der Waals surface area contributed by atoms with Gasteiger partial charge in [0, 0.05) is 30.3 Å². The predicted molar refractivity (Wildman–Crippen MR) is 212 cm³/mol. The van der Waals surface area contributed by atoms with Gasteiger partial charge in [-0.25, -0.2) is 0 Å². The lowest BCUT2D eigenvalue weighted by Crippen LogP contribution is -2.60. The summed E-state index contributed by atoms with van der Waals surface area (Å²) in [6, 6.07) is 20.2. The lowest BCUT2D eigenvalue weighted by Gasteiger charge is -2.39. The van der Waals surface area contributed by atoms with Crippen LogP contribution in [0.3, 0.4) is 0 Å². The Morgan fingerprint density at radius 3 is 2.39 bits per heavy atom. The summed E-state index contributed by atoms with van der Waals surface area (Å²) >= 11 is 0. The van der Waals surface area contributed by atoms with Crippen molar-refractivity contribution in [1.29, 1.82) is 0 Å². The molecule has 0 bridgehead atoms. The topological polar surface area (TPSA) is 199 Å². The van der Waals surface area contributed by atoms with Crippen LogP contribution in [0.2, 0.25) is 18.6 Å². The molecule has 14 nitrogen and oxygen atoms in total. The lowest BCUT2D eigenvalue weighted by molar-refractivity contribution is -0.274. The number of nitrogens with one attached hydrogen (secondary N) is 1. The van der Waals surface area contributed by atoms with Crippen LogP contribution in [0.4, 0.5) is 11.4 Å². The van der Waals surface area contributed by atoms with Gasteiger partial charge in [0.2, 0.25) is 5.91 Å². The third-order valence-corrected chi connectivity index (χ3v) is 16.9. The van der Waals surface area contributed by atoms with Crippen LogP contribution >= 0.6 is 0 Å². The molecule has 1 spiro atoms. The Balaban J connectivity index is 1.28. The number of hydrogen-bond acceptors (Lipinski definition) is 11. The van der Waals surface area contributed by atoms with Gasteiger partial charge in [-0.05, 0) is 53.4 Å². The van der Waals surface area contributed by atoms with Gasteiger partial charge in [-0.2, -0.15) is 0 Å². The summed E-state index contributed by atoms with van der Waals surface area (Å²) in [5.41, 5.74) is 1.44. The van der Waals surface area contributed by atoms with Gasteiger partial charge in [-0.1, -0.05) is 67.7 Å². The number of carbonyl (C=O) groups excluding carboxylic acids is 3. The zero-order valence-electron chi connectivity index (χ0n) is 32.4. The molecule has 2 saturated heterocycles. The Morgan fingerprint density at radius 1 is 1.02 bits per heavy atom. The maximum absolute atomic E-state index is 15.0. The van der Waals surface area contributed by atoms with Crippen LogP contribution in [0.25, 0.3) is 0 Å². The highest BCUT2D eigenvalue weighted by Gasteiger charge is 2.66. The number of rotatable bonds is 10. The van der Waals surface area contributed by atoms with E-state index >= 15 is 0 Å². The van der Waals surface area contributed by atoms with E-state index in [0.717, 1.165) is 16.3 Å². The number of anilines is 2. The normalized spacial score (nSPS) is 30.9. The fraction of sp³-hybridized carbons (Fsp3) is 0.452. The highest BCUT2D eigenvalue weighted by Crippen LogP contribution is 2.60. The number of benzene rings is 3.